The summed E-state index contributed by atoms with van der Waals surface area (Å²) in [4.78, 5) is 3.11. The van der Waals surface area contributed by atoms with Crippen LogP contribution in [0.5, 0.6) is 11.5 Å². The Morgan fingerprint density at radius 2 is 1.88 bits per heavy atom. The Morgan fingerprint density at radius 3 is 2.29 bits per heavy atom. The molecule has 4 nitrogen and oxygen atoms in total. The van der Waals surface area contributed by atoms with Gasteiger partial charge in [0.15, 0.2) is 17.3 Å². The Labute approximate surface area is 92.1 Å². The SMILES string of the molecule is COc1cc(OC(F)(F)F)c(N)nc1C(F)F. The highest BCUT2D eigenvalue weighted by Gasteiger charge is 2.33. The maximum atomic E-state index is 12.4. The van der Waals surface area contributed by atoms with Crippen molar-refractivity contribution in [1.82, 2.24) is 4.98 Å². The molecule has 0 aliphatic rings. The zero-order valence-electron chi connectivity index (χ0n) is 8.39. The second kappa shape index (κ2) is 4.60. The molecular formula is C8H7F5N2O2. The highest BCUT2D eigenvalue weighted by molar-refractivity contribution is 5.52. The summed E-state index contributed by atoms with van der Waals surface area (Å²) in [6, 6.07) is 0.608. The number of hydrogen-bond acceptors (Lipinski definition) is 4. The van der Waals surface area contributed by atoms with Gasteiger partial charge in [-0.3, -0.25) is 0 Å². The zero-order chi connectivity index (χ0) is 13.2. The van der Waals surface area contributed by atoms with Gasteiger partial charge in [0.1, 0.15) is 5.75 Å². The van der Waals surface area contributed by atoms with Crippen molar-refractivity contribution in [3.8, 4) is 11.5 Å². The summed E-state index contributed by atoms with van der Waals surface area (Å²) in [6.07, 6.45) is -8.01. The van der Waals surface area contributed by atoms with Crippen LogP contribution < -0.4 is 15.2 Å². The normalized spacial score (nSPS) is 11.7. The van der Waals surface area contributed by atoms with E-state index in [1.54, 1.807) is 0 Å². The van der Waals surface area contributed by atoms with Crippen molar-refractivity contribution < 1.29 is 31.4 Å². The summed E-state index contributed by atoms with van der Waals surface area (Å²) in [5.41, 5.74) is 4.22. The number of pyridine rings is 1. The number of methoxy groups -OCH3 is 1. The third-order valence-corrected chi connectivity index (χ3v) is 1.66. The fraction of sp³-hybridized carbons (Fsp3) is 0.375. The monoisotopic (exact) mass is 258 g/mol. The molecule has 0 aromatic carbocycles. The maximum Gasteiger partial charge on any atom is 0.573 e. The molecule has 0 saturated heterocycles. The third-order valence-electron chi connectivity index (χ3n) is 1.66. The Balaban J connectivity index is 3.18. The first-order valence-corrected chi connectivity index (χ1v) is 4.13. The van der Waals surface area contributed by atoms with E-state index in [-0.39, 0.29) is 0 Å². The molecule has 0 aliphatic heterocycles. The van der Waals surface area contributed by atoms with E-state index in [2.05, 4.69) is 14.5 Å². The molecule has 1 heterocycles. The van der Waals surface area contributed by atoms with E-state index in [9.17, 15) is 22.0 Å². The van der Waals surface area contributed by atoms with E-state index in [0.717, 1.165) is 7.11 Å². The van der Waals surface area contributed by atoms with Crippen molar-refractivity contribution in [2.75, 3.05) is 12.8 Å². The van der Waals surface area contributed by atoms with Crippen LogP contribution in [-0.4, -0.2) is 18.5 Å². The van der Waals surface area contributed by atoms with E-state index >= 15 is 0 Å². The van der Waals surface area contributed by atoms with Crippen molar-refractivity contribution in [2.45, 2.75) is 12.8 Å². The Kier molecular flexibility index (Phi) is 3.59. The van der Waals surface area contributed by atoms with Gasteiger partial charge in [0.25, 0.3) is 6.43 Å². The lowest BCUT2D eigenvalue weighted by Gasteiger charge is -2.13. The molecule has 0 atom stereocenters. The molecule has 17 heavy (non-hydrogen) atoms. The van der Waals surface area contributed by atoms with Gasteiger partial charge in [0.2, 0.25) is 0 Å². The number of anilines is 1. The Hall–Kier alpha value is -1.80. The first-order valence-electron chi connectivity index (χ1n) is 4.13. The van der Waals surface area contributed by atoms with Crippen LogP contribution >= 0.6 is 0 Å². The molecular weight excluding hydrogens is 251 g/mol. The van der Waals surface area contributed by atoms with Crippen LogP contribution in [-0.2, 0) is 0 Å². The summed E-state index contributed by atoms with van der Waals surface area (Å²) in [6.45, 7) is 0. The minimum atomic E-state index is -4.99. The van der Waals surface area contributed by atoms with E-state index < -0.39 is 35.8 Å². The maximum absolute atomic E-state index is 12.4. The molecule has 0 fully saturated rings. The molecule has 96 valence electrons. The van der Waals surface area contributed by atoms with Gasteiger partial charge in [-0.1, -0.05) is 0 Å². The average Bonchev–Trinajstić information content (AvgIpc) is 2.18. The van der Waals surface area contributed by atoms with Crippen LogP contribution in [0, 0.1) is 0 Å². The van der Waals surface area contributed by atoms with Crippen LogP contribution in [0.2, 0.25) is 0 Å². The fourth-order valence-corrected chi connectivity index (χ4v) is 1.03. The second-order valence-corrected chi connectivity index (χ2v) is 2.81. The molecule has 0 saturated carbocycles. The molecule has 1 aromatic heterocycles. The van der Waals surface area contributed by atoms with E-state index in [1.165, 1.54) is 0 Å². The summed E-state index contributed by atoms with van der Waals surface area (Å²) < 4.78 is 68.5. The smallest absolute Gasteiger partial charge is 0.494 e. The summed E-state index contributed by atoms with van der Waals surface area (Å²) in [7, 11) is 1.01. The van der Waals surface area contributed by atoms with Gasteiger partial charge in [0, 0.05) is 6.07 Å². The molecule has 0 amide bonds. The van der Waals surface area contributed by atoms with Crippen molar-refractivity contribution in [3.05, 3.63) is 11.8 Å². The molecule has 1 rings (SSSR count). The number of halogens is 5. The summed E-state index contributed by atoms with van der Waals surface area (Å²) in [5, 5.41) is 0. The number of nitrogens with zero attached hydrogens (tertiary/aromatic N) is 1. The number of ether oxygens (including phenoxy) is 2. The van der Waals surface area contributed by atoms with Crippen molar-refractivity contribution >= 4 is 5.82 Å². The highest BCUT2D eigenvalue weighted by atomic mass is 19.4. The number of rotatable bonds is 3. The van der Waals surface area contributed by atoms with Gasteiger partial charge in [-0.15, -0.1) is 13.2 Å². The van der Waals surface area contributed by atoms with E-state index in [4.69, 9.17) is 5.73 Å². The molecule has 9 heteroatoms. The first kappa shape index (κ1) is 13.3. The van der Waals surface area contributed by atoms with Gasteiger partial charge in [-0.2, -0.15) is 0 Å². The Bertz CT molecular complexity index is 408. The lowest BCUT2D eigenvalue weighted by molar-refractivity contribution is -0.274. The molecule has 0 bridgehead atoms. The molecule has 0 unspecified atom stereocenters. The lowest BCUT2D eigenvalue weighted by atomic mass is 10.3. The number of alkyl halides is 5. The number of hydrogen-bond donors (Lipinski definition) is 1. The van der Waals surface area contributed by atoms with Crippen LogP contribution in [0.1, 0.15) is 12.1 Å². The lowest BCUT2D eigenvalue weighted by Crippen LogP contribution is -2.18. The van der Waals surface area contributed by atoms with Crippen LogP contribution in [0.4, 0.5) is 27.8 Å². The van der Waals surface area contributed by atoms with Gasteiger partial charge in [0.05, 0.1) is 7.11 Å². The first-order chi connectivity index (χ1) is 7.74. The number of nitrogen functional groups attached to an aromatic ring is 1. The molecule has 0 radical (unpaired) electrons. The van der Waals surface area contributed by atoms with Crippen molar-refractivity contribution in [2.24, 2.45) is 0 Å². The molecule has 0 spiro atoms. The van der Waals surface area contributed by atoms with Crippen molar-refractivity contribution in [3.63, 3.8) is 0 Å². The third kappa shape index (κ3) is 3.33. The van der Waals surface area contributed by atoms with Crippen molar-refractivity contribution in [1.29, 1.82) is 0 Å². The fourth-order valence-electron chi connectivity index (χ4n) is 1.03. The minimum Gasteiger partial charge on any atom is -0.494 e. The van der Waals surface area contributed by atoms with Gasteiger partial charge < -0.3 is 15.2 Å². The standard InChI is InChI=1S/C8H7F5N2O2/c1-16-3-2-4(17-8(11,12)13)7(14)15-5(3)6(9)10/h2,6H,1H3,(H2,14,15). The number of aromatic nitrogens is 1. The van der Waals surface area contributed by atoms with Gasteiger partial charge in [-0.05, 0) is 0 Å². The van der Waals surface area contributed by atoms with Crippen LogP contribution in [0.25, 0.3) is 0 Å². The van der Waals surface area contributed by atoms with Crippen LogP contribution in [0.15, 0.2) is 6.07 Å². The molecule has 0 aliphatic carbocycles. The quantitative estimate of drug-likeness (QED) is 0.846. The van der Waals surface area contributed by atoms with E-state index in [0.29, 0.717) is 6.07 Å². The highest BCUT2D eigenvalue weighted by Crippen LogP contribution is 2.35. The van der Waals surface area contributed by atoms with E-state index in [1.807, 2.05) is 0 Å². The minimum absolute atomic E-state index is 0.534. The Morgan fingerprint density at radius 1 is 1.29 bits per heavy atom. The van der Waals surface area contributed by atoms with Gasteiger partial charge in [-0.25, -0.2) is 13.8 Å². The summed E-state index contributed by atoms with van der Waals surface area (Å²) >= 11 is 0. The predicted molar refractivity (Wildman–Crippen MR) is 46.8 cm³/mol. The number of nitrogens with two attached hydrogens (primary N) is 1. The predicted octanol–water partition coefficient (Wildman–Crippen LogP) is 2.51. The molecule has 1 aromatic rings. The summed E-state index contributed by atoms with van der Waals surface area (Å²) in [5.74, 6) is -2.22. The van der Waals surface area contributed by atoms with Crippen LogP contribution in [0.3, 0.4) is 0 Å². The van der Waals surface area contributed by atoms with Gasteiger partial charge >= 0.3 is 6.36 Å². The topological polar surface area (TPSA) is 57.4 Å². The zero-order valence-corrected chi connectivity index (χ0v) is 8.39. The second-order valence-electron chi connectivity index (χ2n) is 2.81. The average molecular weight is 258 g/mol. The largest absolute Gasteiger partial charge is 0.573 e. The molecule has 2 N–H and O–H groups in total.